The lowest BCUT2D eigenvalue weighted by Crippen LogP contribution is -2.33. The monoisotopic (exact) mass is 469 g/mol. The molecule has 180 valence electrons. The van der Waals surface area contributed by atoms with E-state index in [1.807, 2.05) is 4.90 Å². The number of nitrogens with zero attached hydrogens (tertiary/aromatic N) is 2. The summed E-state index contributed by atoms with van der Waals surface area (Å²) in [4.78, 5) is 38.1. The number of halogens is 3. The van der Waals surface area contributed by atoms with Crippen LogP contribution in [0.3, 0.4) is 0 Å². The molecule has 0 aliphatic heterocycles. The third kappa shape index (κ3) is 6.90. The highest BCUT2D eigenvalue weighted by Crippen LogP contribution is 2.16. The molecule has 0 aliphatic rings. The van der Waals surface area contributed by atoms with E-state index in [1.54, 1.807) is 20.9 Å². The quantitative estimate of drug-likeness (QED) is 0.458. The number of aldehydes is 1. The zero-order valence-corrected chi connectivity index (χ0v) is 18.5. The number of pyridine rings is 1. The van der Waals surface area contributed by atoms with Crippen LogP contribution < -0.4 is 10.7 Å². The molecule has 2 rings (SSSR count). The largest absolute Gasteiger partial charge is 0.503 e. The first kappa shape index (κ1) is 26.1. The van der Waals surface area contributed by atoms with Gasteiger partial charge in [0, 0.05) is 50.1 Å². The Hall–Kier alpha value is -3.18. The Morgan fingerprint density at radius 3 is 2.36 bits per heavy atom. The molecular formula is C22H26F3N3O5. The molecule has 0 bridgehead atoms. The Morgan fingerprint density at radius 2 is 1.82 bits per heavy atom. The Bertz CT molecular complexity index is 1070. The second-order valence-electron chi connectivity index (χ2n) is 8.31. The van der Waals surface area contributed by atoms with Crippen molar-refractivity contribution in [3.8, 4) is 5.75 Å². The number of benzene rings is 1. The van der Waals surface area contributed by atoms with Gasteiger partial charge in [-0.1, -0.05) is 0 Å². The number of hydrogen-bond donors (Lipinski definition) is 3. The van der Waals surface area contributed by atoms with E-state index in [-0.39, 0.29) is 18.5 Å². The van der Waals surface area contributed by atoms with Gasteiger partial charge >= 0.3 is 0 Å². The molecule has 0 radical (unpaired) electrons. The highest BCUT2D eigenvalue weighted by molar-refractivity contribution is 5.95. The van der Waals surface area contributed by atoms with Crippen LogP contribution >= 0.6 is 0 Å². The van der Waals surface area contributed by atoms with Crippen molar-refractivity contribution in [3.63, 3.8) is 0 Å². The standard InChI is InChI=1S/C22H26F3N3O5/c1-22(2,33)4-5-27(3)6-7-28-11-15(19(30)20(31)18(28)12-29)21(32)26-10-14-16(24)8-13(23)9-17(14)25/h8-9,11-12,31,33H,4-7,10H2,1-3H3,(H,26,32). The second-order valence-corrected chi connectivity index (χ2v) is 8.31. The molecule has 0 saturated carbocycles. The lowest BCUT2D eigenvalue weighted by Gasteiger charge is -2.23. The minimum absolute atomic E-state index is 0.117. The first-order valence-electron chi connectivity index (χ1n) is 10.1. The molecule has 0 saturated heterocycles. The first-order chi connectivity index (χ1) is 15.3. The summed E-state index contributed by atoms with van der Waals surface area (Å²) in [6, 6.07) is 0.910. The summed E-state index contributed by atoms with van der Waals surface area (Å²) in [5.41, 5.74) is -3.47. The molecular weight excluding hydrogens is 443 g/mol. The molecule has 0 spiro atoms. The van der Waals surface area contributed by atoms with E-state index in [0.29, 0.717) is 31.6 Å². The molecule has 0 unspecified atom stereocenters. The number of hydrogen-bond acceptors (Lipinski definition) is 6. The normalized spacial score (nSPS) is 11.6. The van der Waals surface area contributed by atoms with Gasteiger partial charge in [-0.3, -0.25) is 14.4 Å². The zero-order valence-electron chi connectivity index (χ0n) is 18.5. The van der Waals surface area contributed by atoms with Crippen LogP contribution in [0.15, 0.2) is 23.1 Å². The Labute approximate surface area is 188 Å². The van der Waals surface area contributed by atoms with Gasteiger partial charge in [0.1, 0.15) is 28.7 Å². The van der Waals surface area contributed by atoms with E-state index in [4.69, 9.17) is 0 Å². The number of amides is 1. The van der Waals surface area contributed by atoms with Gasteiger partial charge in [-0.25, -0.2) is 13.2 Å². The number of aromatic hydroxyl groups is 1. The predicted octanol–water partition coefficient (Wildman–Crippen LogP) is 1.81. The number of carbonyl (C=O) groups excluding carboxylic acids is 2. The topological polar surface area (TPSA) is 112 Å². The third-order valence-electron chi connectivity index (χ3n) is 5.01. The summed E-state index contributed by atoms with van der Waals surface area (Å²) < 4.78 is 41.8. The molecule has 33 heavy (non-hydrogen) atoms. The molecule has 0 fully saturated rings. The van der Waals surface area contributed by atoms with Crippen molar-refractivity contribution >= 4 is 12.2 Å². The number of carbonyl (C=O) groups is 2. The van der Waals surface area contributed by atoms with Crippen LogP contribution in [-0.2, 0) is 13.1 Å². The second kappa shape index (κ2) is 10.6. The van der Waals surface area contributed by atoms with Crippen molar-refractivity contribution in [2.24, 2.45) is 0 Å². The highest BCUT2D eigenvalue weighted by atomic mass is 19.1. The molecule has 2 aromatic rings. The Morgan fingerprint density at radius 1 is 1.21 bits per heavy atom. The molecule has 0 atom stereocenters. The first-order valence-corrected chi connectivity index (χ1v) is 10.1. The summed E-state index contributed by atoms with van der Waals surface area (Å²) in [6.07, 6.45) is 1.82. The van der Waals surface area contributed by atoms with Crippen LogP contribution in [0.4, 0.5) is 13.2 Å². The average Bonchev–Trinajstić information content (AvgIpc) is 2.71. The molecule has 1 heterocycles. The van der Waals surface area contributed by atoms with Gasteiger partial charge in [-0.2, -0.15) is 0 Å². The third-order valence-corrected chi connectivity index (χ3v) is 5.01. The zero-order chi connectivity index (χ0) is 24.9. The molecule has 11 heteroatoms. The number of likely N-dealkylation sites (N-methyl/N-ethyl adjacent to an activating group) is 1. The van der Waals surface area contributed by atoms with Crippen molar-refractivity contribution in [1.82, 2.24) is 14.8 Å². The predicted molar refractivity (Wildman–Crippen MR) is 114 cm³/mol. The van der Waals surface area contributed by atoms with Crippen LogP contribution in [-0.4, -0.2) is 57.6 Å². The maximum absolute atomic E-state index is 13.8. The van der Waals surface area contributed by atoms with Gasteiger partial charge in [0.15, 0.2) is 12.0 Å². The van der Waals surface area contributed by atoms with Gasteiger partial charge in [0.2, 0.25) is 5.43 Å². The van der Waals surface area contributed by atoms with Crippen molar-refractivity contribution in [1.29, 1.82) is 0 Å². The summed E-state index contributed by atoms with van der Waals surface area (Å²) >= 11 is 0. The molecule has 0 aliphatic carbocycles. The lowest BCUT2D eigenvalue weighted by atomic mass is 10.1. The summed E-state index contributed by atoms with van der Waals surface area (Å²) in [6.45, 7) is 3.65. The average molecular weight is 469 g/mol. The van der Waals surface area contributed by atoms with Crippen molar-refractivity contribution in [3.05, 3.63) is 62.8 Å². The number of aromatic nitrogens is 1. The summed E-state index contributed by atoms with van der Waals surface area (Å²) in [5.74, 6) is -5.52. The summed E-state index contributed by atoms with van der Waals surface area (Å²) in [5, 5.41) is 22.1. The van der Waals surface area contributed by atoms with Gasteiger partial charge in [0.05, 0.1) is 5.60 Å². The summed E-state index contributed by atoms with van der Waals surface area (Å²) in [7, 11) is 1.77. The van der Waals surface area contributed by atoms with Crippen LogP contribution in [0.2, 0.25) is 0 Å². The van der Waals surface area contributed by atoms with Crippen molar-refractivity contribution in [2.45, 2.75) is 39.0 Å². The van der Waals surface area contributed by atoms with Gasteiger partial charge in [-0.05, 0) is 27.3 Å². The van der Waals surface area contributed by atoms with Crippen LogP contribution in [0.5, 0.6) is 5.75 Å². The van der Waals surface area contributed by atoms with E-state index >= 15 is 0 Å². The minimum Gasteiger partial charge on any atom is -0.503 e. The smallest absolute Gasteiger partial charge is 0.257 e. The van der Waals surface area contributed by atoms with E-state index in [2.05, 4.69) is 5.32 Å². The van der Waals surface area contributed by atoms with Crippen LogP contribution in [0, 0.1) is 17.5 Å². The van der Waals surface area contributed by atoms with Crippen LogP contribution in [0.25, 0.3) is 0 Å². The van der Waals surface area contributed by atoms with E-state index in [9.17, 15) is 37.8 Å². The Kier molecular flexibility index (Phi) is 8.39. The Balaban J connectivity index is 2.22. The van der Waals surface area contributed by atoms with E-state index < -0.39 is 57.8 Å². The molecule has 1 aromatic carbocycles. The van der Waals surface area contributed by atoms with E-state index in [0.717, 1.165) is 6.20 Å². The maximum atomic E-state index is 13.8. The van der Waals surface area contributed by atoms with E-state index in [1.165, 1.54) is 4.57 Å². The number of rotatable bonds is 10. The SMILES string of the molecule is CN(CCn1cc(C(=O)NCc2c(F)cc(F)cc2F)c(=O)c(O)c1C=O)CCC(C)(C)O. The fraction of sp³-hybridized carbons (Fsp3) is 0.409. The van der Waals surface area contributed by atoms with Gasteiger partial charge in [0.25, 0.3) is 5.91 Å². The van der Waals surface area contributed by atoms with Gasteiger partial charge < -0.3 is 25.0 Å². The van der Waals surface area contributed by atoms with Crippen molar-refractivity contribution in [2.75, 3.05) is 20.1 Å². The van der Waals surface area contributed by atoms with Crippen LogP contribution in [0.1, 0.15) is 46.7 Å². The van der Waals surface area contributed by atoms with Gasteiger partial charge in [-0.15, -0.1) is 0 Å². The molecule has 1 amide bonds. The fourth-order valence-corrected chi connectivity index (χ4v) is 2.99. The molecule has 3 N–H and O–H groups in total. The number of aliphatic hydroxyl groups is 1. The molecule has 8 nitrogen and oxygen atoms in total. The minimum atomic E-state index is -1.21. The number of nitrogens with one attached hydrogen (secondary N) is 1. The highest BCUT2D eigenvalue weighted by Gasteiger charge is 2.21. The lowest BCUT2D eigenvalue weighted by molar-refractivity contribution is 0.0603. The fourth-order valence-electron chi connectivity index (χ4n) is 2.99. The van der Waals surface area contributed by atoms with Crippen molar-refractivity contribution < 1.29 is 33.0 Å². The molecule has 1 aromatic heterocycles. The maximum Gasteiger partial charge on any atom is 0.257 e.